The SMILES string of the molecule is CC(C)C1COC(=O)N1C(=O)/C=C/c1ccc2c(c1)OCO2. The molecule has 22 heavy (non-hydrogen) atoms. The lowest BCUT2D eigenvalue weighted by molar-refractivity contribution is -0.124. The number of rotatable bonds is 3. The molecule has 0 radical (unpaired) electrons. The lowest BCUT2D eigenvalue weighted by atomic mass is 10.0. The van der Waals surface area contributed by atoms with Gasteiger partial charge in [-0.1, -0.05) is 19.9 Å². The molecule has 2 heterocycles. The van der Waals surface area contributed by atoms with E-state index in [1.165, 1.54) is 11.0 Å². The standard InChI is InChI=1S/C16H17NO5/c1-10(2)12-8-20-16(19)17(12)15(18)6-4-11-3-5-13-14(7-11)22-9-21-13/h3-7,10,12H,8-9H2,1-2H3/b6-4+. The van der Waals surface area contributed by atoms with Crippen molar-refractivity contribution >= 4 is 18.1 Å². The number of benzene rings is 1. The van der Waals surface area contributed by atoms with Gasteiger partial charge in [0.15, 0.2) is 11.5 Å². The van der Waals surface area contributed by atoms with Crippen molar-refractivity contribution in [2.75, 3.05) is 13.4 Å². The Balaban J connectivity index is 1.74. The molecule has 0 saturated carbocycles. The number of fused-ring (bicyclic) bond motifs is 1. The molecule has 2 amide bonds. The van der Waals surface area contributed by atoms with Crippen molar-refractivity contribution in [3.8, 4) is 11.5 Å². The molecule has 0 aliphatic carbocycles. The molecule has 0 aromatic heterocycles. The van der Waals surface area contributed by atoms with Crippen LogP contribution in [0.5, 0.6) is 11.5 Å². The normalized spacial score (nSPS) is 20.0. The monoisotopic (exact) mass is 303 g/mol. The molecule has 0 bridgehead atoms. The van der Waals surface area contributed by atoms with Gasteiger partial charge in [-0.2, -0.15) is 0 Å². The minimum absolute atomic E-state index is 0.148. The van der Waals surface area contributed by atoms with E-state index in [1.807, 2.05) is 19.9 Å². The second-order valence-corrected chi connectivity index (χ2v) is 5.54. The Morgan fingerprint density at radius 3 is 2.82 bits per heavy atom. The summed E-state index contributed by atoms with van der Waals surface area (Å²) in [5, 5.41) is 0. The van der Waals surface area contributed by atoms with Crippen molar-refractivity contribution in [1.82, 2.24) is 4.90 Å². The van der Waals surface area contributed by atoms with Gasteiger partial charge in [0.1, 0.15) is 6.61 Å². The summed E-state index contributed by atoms with van der Waals surface area (Å²) < 4.78 is 15.5. The number of carbonyl (C=O) groups is 2. The van der Waals surface area contributed by atoms with Crippen molar-refractivity contribution in [3.05, 3.63) is 29.8 Å². The highest BCUT2D eigenvalue weighted by molar-refractivity contribution is 6.02. The predicted molar refractivity (Wildman–Crippen MR) is 78.4 cm³/mol. The van der Waals surface area contributed by atoms with E-state index in [0.717, 1.165) is 5.56 Å². The molecule has 1 saturated heterocycles. The molecule has 0 spiro atoms. The summed E-state index contributed by atoms with van der Waals surface area (Å²) in [6.07, 6.45) is 2.44. The van der Waals surface area contributed by atoms with E-state index in [4.69, 9.17) is 14.2 Å². The first kappa shape index (κ1) is 14.4. The van der Waals surface area contributed by atoms with Crippen LogP contribution in [0.3, 0.4) is 0 Å². The first-order valence-corrected chi connectivity index (χ1v) is 7.14. The van der Waals surface area contributed by atoms with E-state index in [-0.39, 0.29) is 31.3 Å². The fourth-order valence-corrected chi connectivity index (χ4v) is 2.44. The van der Waals surface area contributed by atoms with Gasteiger partial charge in [0.2, 0.25) is 6.79 Å². The quantitative estimate of drug-likeness (QED) is 0.802. The van der Waals surface area contributed by atoms with Crippen LogP contribution in [0.2, 0.25) is 0 Å². The summed E-state index contributed by atoms with van der Waals surface area (Å²) in [5.41, 5.74) is 0.797. The lowest BCUT2D eigenvalue weighted by Crippen LogP contribution is -2.40. The van der Waals surface area contributed by atoms with E-state index < -0.39 is 6.09 Å². The van der Waals surface area contributed by atoms with Gasteiger partial charge in [-0.15, -0.1) is 0 Å². The van der Waals surface area contributed by atoms with Crippen LogP contribution in [0.1, 0.15) is 19.4 Å². The molecule has 1 atom stereocenters. The van der Waals surface area contributed by atoms with Gasteiger partial charge in [-0.25, -0.2) is 9.69 Å². The third-order valence-corrected chi connectivity index (χ3v) is 3.73. The third-order valence-electron chi connectivity index (χ3n) is 3.73. The second kappa shape index (κ2) is 5.71. The number of ether oxygens (including phenoxy) is 3. The van der Waals surface area contributed by atoms with Gasteiger partial charge in [0.25, 0.3) is 5.91 Å². The molecule has 3 rings (SSSR count). The maximum Gasteiger partial charge on any atom is 0.417 e. The minimum Gasteiger partial charge on any atom is -0.454 e. The van der Waals surface area contributed by atoms with E-state index in [1.54, 1.807) is 18.2 Å². The Morgan fingerprint density at radius 1 is 1.27 bits per heavy atom. The number of nitrogens with zero attached hydrogens (tertiary/aromatic N) is 1. The second-order valence-electron chi connectivity index (χ2n) is 5.54. The zero-order chi connectivity index (χ0) is 15.7. The fourth-order valence-electron chi connectivity index (χ4n) is 2.44. The van der Waals surface area contributed by atoms with E-state index >= 15 is 0 Å². The number of hydrogen-bond donors (Lipinski definition) is 0. The van der Waals surface area contributed by atoms with Gasteiger partial charge < -0.3 is 14.2 Å². The van der Waals surface area contributed by atoms with Crippen LogP contribution < -0.4 is 9.47 Å². The molecule has 0 N–H and O–H groups in total. The van der Waals surface area contributed by atoms with Crippen LogP contribution in [0.15, 0.2) is 24.3 Å². The molecule has 6 heteroatoms. The number of amides is 2. The molecule has 2 aliphatic rings. The smallest absolute Gasteiger partial charge is 0.417 e. The van der Waals surface area contributed by atoms with Crippen LogP contribution in [-0.2, 0) is 9.53 Å². The van der Waals surface area contributed by atoms with Crippen molar-refractivity contribution < 1.29 is 23.8 Å². The lowest BCUT2D eigenvalue weighted by Gasteiger charge is -2.20. The molecule has 1 unspecified atom stereocenters. The summed E-state index contributed by atoms with van der Waals surface area (Å²) in [7, 11) is 0. The van der Waals surface area contributed by atoms with E-state index in [9.17, 15) is 9.59 Å². The molecule has 1 aromatic carbocycles. The molecule has 1 aromatic rings. The highest BCUT2D eigenvalue weighted by Crippen LogP contribution is 2.32. The van der Waals surface area contributed by atoms with Crippen molar-refractivity contribution in [2.24, 2.45) is 5.92 Å². The summed E-state index contributed by atoms with van der Waals surface area (Å²) in [6.45, 7) is 4.36. The average molecular weight is 303 g/mol. The van der Waals surface area contributed by atoms with Gasteiger partial charge in [-0.3, -0.25) is 4.79 Å². The Morgan fingerprint density at radius 2 is 2.05 bits per heavy atom. The fraction of sp³-hybridized carbons (Fsp3) is 0.375. The maximum absolute atomic E-state index is 12.3. The first-order chi connectivity index (χ1) is 10.6. The van der Waals surface area contributed by atoms with Gasteiger partial charge >= 0.3 is 6.09 Å². The summed E-state index contributed by atoms with van der Waals surface area (Å²) in [4.78, 5) is 25.1. The molecule has 1 fully saturated rings. The van der Waals surface area contributed by atoms with E-state index in [2.05, 4.69) is 0 Å². The van der Waals surface area contributed by atoms with Crippen molar-refractivity contribution in [1.29, 1.82) is 0 Å². The molecular formula is C16H17NO5. The highest BCUT2D eigenvalue weighted by atomic mass is 16.7. The number of cyclic esters (lactones) is 1. The van der Waals surface area contributed by atoms with E-state index in [0.29, 0.717) is 11.5 Å². The Bertz CT molecular complexity index is 637. The molecule has 2 aliphatic heterocycles. The van der Waals surface area contributed by atoms with Crippen LogP contribution in [0.4, 0.5) is 4.79 Å². The Kier molecular flexibility index (Phi) is 3.75. The summed E-state index contributed by atoms with van der Waals surface area (Å²) in [5.74, 6) is 1.11. The van der Waals surface area contributed by atoms with Crippen molar-refractivity contribution in [3.63, 3.8) is 0 Å². The zero-order valence-corrected chi connectivity index (χ0v) is 12.4. The van der Waals surface area contributed by atoms with Crippen LogP contribution in [-0.4, -0.2) is 36.3 Å². The van der Waals surface area contributed by atoms with Crippen molar-refractivity contribution in [2.45, 2.75) is 19.9 Å². The van der Waals surface area contributed by atoms with Crippen LogP contribution in [0.25, 0.3) is 6.08 Å². The summed E-state index contributed by atoms with van der Waals surface area (Å²) >= 11 is 0. The largest absolute Gasteiger partial charge is 0.454 e. The Labute approximate surface area is 128 Å². The average Bonchev–Trinajstić information content (AvgIpc) is 3.10. The number of hydrogen-bond acceptors (Lipinski definition) is 5. The first-order valence-electron chi connectivity index (χ1n) is 7.14. The van der Waals surface area contributed by atoms with Crippen LogP contribution >= 0.6 is 0 Å². The topological polar surface area (TPSA) is 65.1 Å². The number of imide groups is 1. The zero-order valence-electron chi connectivity index (χ0n) is 12.4. The molecule has 6 nitrogen and oxygen atoms in total. The number of carbonyl (C=O) groups excluding carboxylic acids is 2. The van der Waals surface area contributed by atoms with Gasteiger partial charge in [0.05, 0.1) is 6.04 Å². The van der Waals surface area contributed by atoms with Gasteiger partial charge in [0, 0.05) is 6.08 Å². The summed E-state index contributed by atoms with van der Waals surface area (Å²) in [6, 6.07) is 5.17. The predicted octanol–water partition coefficient (Wildman–Crippen LogP) is 2.43. The molecular weight excluding hydrogens is 286 g/mol. The maximum atomic E-state index is 12.3. The highest BCUT2D eigenvalue weighted by Gasteiger charge is 2.38. The third kappa shape index (κ3) is 2.64. The Hall–Kier alpha value is -2.50. The van der Waals surface area contributed by atoms with Crippen LogP contribution in [0, 0.1) is 5.92 Å². The van der Waals surface area contributed by atoms with Gasteiger partial charge in [-0.05, 0) is 29.7 Å². The molecule has 116 valence electrons. The minimum atomic E-state index is -0.584.